The summed E-state index contributed by atoms with van der Waals surface area (Å²) in [7, 11) is 0. The Balaban J connectivity index is 1.31. The third-order valence-electron chi connectivity index (χ3n) is 9.18. The molecule has 6 aromatic carbocycles. The van der Waals surface area contributed by atoms with Crippen LogP contribution in [0.5, 0.6) is 0 Å². The van der Waals surface area contributed by atoms with Crippen LogP contribution in [0.25, 0.3) is 72.4 Å². The van der Waals surface area contributed by atoms with Crippen molar-refractivity contribution in [2.75, 3.05) is 0 Å². The van der Waals surface area contributed by atoms with Crippen LogP contribution in [0.3, 0.4) is 0 Å². The molecule has 0 atom stereocenters. The van der Waals surface area contributed by atoms with Crippen molar-refractivity contribution in [1.29, 1.82) is 0 Å². The van der Waals surface area contributed by atoms with Crippen LogP contribution >= 0.6 is 0 Å². The molecule has 2 nitrogen and oxygen atoms in total. The molecule has 0 fully saturated rings. The van der Waals surface area contributed by atoms with E-state index in [1.54, 1.807) is 0 Å². The lowest BCUT2D eigenvalue weighted by Gasteiger charge is -2.22. The van der Waals surface area contributed by atoms with E-state index < -0.39 is 0 Å². The van der Waals surface area contributed by atoms with Gasteiger partial charge in [0.1, 0.15) is 5.82 Å². The first kappa shape index (κ1) is 27.1. The van der Waals surface area contributed by atoms with Gasteiger partial charge >= 0.3 is 0 Å². The molecule has 1 aromatic heterocycles. The predicted molar refractivity (Wildman–Crippen MR) is 193 cm³/mol. The van der Waals surface area contributed by atoms with Gasteiger partial charge in [-0.25, -0.2) is 4.98 Å². The summed E-state index contributed by atoms with van der Waals surface area (Å²) in [5, 5.41) is 5.20. The van der Waals surface area contributed by atoms with Gasteiger partial charge in [-0.3, -0.25) is 4.57 Å². The molecule has 0 aliphatic heterocycles. The van der Waals surface area contributed by atoms with Crippen LogP contribution in [0.15, 0.2) is 140 Å². The Bertz CT molecular complexity index is 2270. The zero-order valence-corrected chi connectivity index (χ0v) is 25.7. The Hall–Kier alpha value is -5.47. The van der Waals surface area contributed by atoms with E-state index in [2.05, 4.69) is 157 Å². The first-order chi connectivity index (χ1) is 22.2. The molecule has 45 heavy (non-hydrogen) atoms. The fourth-order valence-corrected chi connectivity index (χ4v) is 7.09. The number of hydrogen-bond acceptors (Lipinski definition) is 1. The molecule has 7 aromatic rings. The maximum atomic E-state index is 5.09. The Kier molecular flexibility index (Phi) is 6.76. The van der Waals surface area contributed by atoms with Gasteiger partial charge in [0.2, 0.25) is 0 Å². The highest BCUT2D eigenvalue weighted by Crippen LogP contribution is 2.44. The quantitative estimate of drug-likeness (QED) is 0.147. The van der Waals surface area contributed by atoms with Crippen LogP contribution in [-0.4, -0.2) is 9.55 Å². The molecular formula is C43H34N2. The molecule has 2 heteroatoms. The zero-order chi connectivity index (χ0) is 30.3. The fraction of sp³-hybridized carbons (Fsp3) is 0.0930. The molecule has 1 heterocycles. The van der Waals surface area contributed by atoms with Gasteiger partial charge in [0.05, 0.1) is 11.0 Å². The van der Waals surface area contributed by atoms with Crippen LogP contribution in [0.4, 0.5) is 0 Å². The normalized spacial score (nSPS) is 13.6. The van der Waals surface area contributed by atoms with E-state index in [9.17, 15) is 0 Å². The molecule has 216 valence electrons. The Morgan fingerprint density at radius 2 is 1.24 bits per heavy atom. The number of aryl methyl sites for hydroxylation is 1. The molecule has 0 unspecified atom stereocenters. The molecule has 0 bridgehead atoms. The minimum absolute atomic E-state index is 0.954. The number of rotatable bonds is 5. The largest absolute Gasteiger partial charge is 0.296 e. The maximum Gasteiger partial charge on any atom is 0.145 e. The highest BCUT2D eigenvalue weighted by atomic mass is 15.1. The summed E-state index contributed by atoms with van der Waals surface area (Å²) in [6.07, 6.45) is 10.8. The number of para-hydroxylation sites is 2. The van der Waals surface area contributed by atoms with E-state index in [4.69, 9.17) is 4.98 Å². The van der Waals surface area contributed by atoms with Crippen molar-refractivity contribution in [3.05, 3.63) is 156 Å². The summed E-state index contributed by atoms with van der Waals surface area (Å²) in [6.45, 7) is 4.19. The first-order valence-electron chi connectivity index (χ1n) is 15.8. The van der Waals surface area contributed by atoms with Gasteiger partial charge in [0.15, 0.2) is 0 Å². The highest BCUT2D eigenvalue weighted by molar-refractivity contribution is 6.19. The molecule has 0 amide bonds. The van der Waals surface area contributed by atoms with Gasteiger partial charge in [0, 0.05) is 11.3 Å². The van der Waals surface area contributed by atoms with Gasteiger partial charge in [-0.05, 0) is 99.8 Å². The Morgan fingerprint density at radius 1 is 0.644 bits per heavy atom. The summed E-state index contributed by atoms with van der Waals surface area (Å²) in [4.78, 5) is 5.09. The number of hydrogen-bond donors (Lipinski definition) is 0. The standard InChI is InChI=1S/C43H34N2/c1-3-4-13-29(2)45-40-21-12-11-20-39(40)44-43(45)32-25-23-31(24-26-32)41-35-16-7-9-18-37(35)42(38-19-10-8-17-36(38)41)34-27-22-30-14-5-6-15-33(30)28-34/h3-21,23-26,28H,22,27H2,1-2H3/b4-3-,29-13+. The molecule has 0 radical (unpaired) electrons. The van der Waals surface area contributed by atoms with Crippen molar-refractivity contribution in [3.8, 4) is 22.5 Å². The number of imidazole rings is 1. The van der Waals surface area contributed by atoms with Crippen LogP contribution in [0, 0.1) is 0 Å². The van der Waals surface area contributed by atoms with Gasteiger partial charge in [-0.1, -0.05) is 127 Å². The van der Waals surface area contributed by atoms with E-state index in [0.717, 1.165) is 41.0 Å². The van der Waals surface area contributed by atoms with E-state index in [0.29, 0.717) is 0 Å². The lowest BCUT2D eigenvalue weighted by molar-refractivity contribution is 1.00. The average molecular weight is 579 g/mol. The van der Waals surface area contributed by atoms with Crippen LogP contribution < -0.4 is 0 Å². The first-order valence-corrected chi connectivity index (χ1v) is 15.8. The molecule has 0 saturated carbocycles. The highest BCUT2D eigenvalue weighted by Gasteiger charge is 2.20. The second-order valence-electron chi connectivity index (χ2n) is 11.9. The van der Waals surface area contributed by atoms with Crippen LogP contribution in [0.1, 0.15) is 37.0 Å². The van der Waals surface area contributed by atoms with Gasteiger partial charge in [-0.15, -0.1) is 0 Å². The third kappa shape index (κ3) is 4.62. The molecule has 8 rings (SSSR count). The number of benzene rings is 6. The Labute approximate surface area is 264 Å². The van der Waals surface area contributed by atoms with Crippen molar-refractivity contribution in [2.24, 2.45) is 0 Å². The number of nitrogens with zero attached hydrogens (tertiary/aromatic N) is 2. The maximum absolute atomic E-state index is 5.09. The minimum Gasteiger partial charge on any atom is -0.296 e. The molecule has 0 saturated heterocycles. The predicted octanol–water partition coefficient (Wildman–Crippen LogP) is 11.6. The third-order valence-corrected chi connectivity index (χ3v) is 9.18. The molecule has 1 aliphatic carbocycles. The lowest BCUT2D eigenvalue weighted by atomic mass is 9.82. The summed E-state index contributed by atoms with van der Waals surface area (Å²) in [5.74, 6) is 0.954. The van der Waals surface area contributed by atoms with E-state index in [1.807, 2.05) is 6.92 Å². The second kappa shape index (κ2) is 11.2. The van der Waals surface area contributed by atoms with Crippen LogP contribution in [0.2, 0.25) is 0 Å². The monoisotopic (exact) mass is 578 g/mol. The summed E-state index contributed by atoms with van der Waals surface area (Å²) < 4.78 is 2.26. The Morgan fingerprint density at radius 3 is 1.96 bits per heavy atom. The fourth-order valence-electron chi connectivity index (χ4n) is 7.09. The van der Waals surface area contributed by atoms with Crippen molar-refractivity contribution >= 4 is 49.9 Å². The summed E-state index contributed by atoms with van der Waals surface area (Å²) in [5.41, 5.74) is 12.4. The molecule has 0 spiro atoms. The SMILES string of the molecule is C/C=C\C=C(/C)n1c(-c2ccc(-c3c4ccccc4c(C4=Cc5ccccc5CC4)c4ccccc34)cc2)nc2ccccc21. The molecule has 1 aliphatic rings. The van der Waals surface area contributed by atoms with Crippen molar-refractivity contribution in [2.45, 2.75) is 26.7 Å². The summed E-state index contributed by atoms with van der Waals surface area (Å²) >= 11 is 0. The van der Waals surface area contributed by atoms with Crippen LogP contribution in [-0.2, 0) is 6.42 Å². The van der Waals surface area contributed by atoms with E-state index in [-0.39, 0.29) is 0 Å². The second-order valence-corrected chi connectivity index (χ2v) is 11.9. The number of allylic oxidation sites excluding steroid dienone is 5. The smallest absolute Gasteiger partial charge is 0.145 e. The van der Waals surface area contributed by atoms with Crippen molar-refractivity contribution in [3.63, 3.8) is 0 Å². The lowest BCUT2D eigenvalue weighted by Crippen LogP contribution is -2.01. The van der Waals surface area contributed by atoms with Gasteiger partial charge < -0.3 is 0 Å². The number of fused-ring (bicyclic) bond motifs is 4. The minimum atomic E-state index is 0.954. The van der Waals surface area contributed by atoms with E-state index >= 15 is 0 Å². The topological polar surface area (TPSA) is 17.8 Å². The van der Waals surface area contributed by atoms with Gasteiger partial charge in [-0.2, -0.15) is 0 Å². The molecular weight excluding hydrogens is 544 g/mol. The average Bonchev–Trinajstić information content (AvgIpc) is 3.49. The van der Waals surface area contributed by atoms with E-state index in [1.165, 1.54) is 54.9 Å². The van der Waals surface area contributed by atoms with Gasteiger partial charge in [0.25, 0.3) is 0 Å². The zero-order valence-electron chi connectivity index (χ0n) is 25.7. The molecule has 0 N–H and O–H groups in total. The number of aromatic nitrogens is 2. The van der Waals surface area contributed by atoms with Crippen molar-refractivity contribution < 1.29 is 0 Å². The van der Waals surface area contributed by atoms with Crippen molar-refractivity contribution in [1.82, 2.24) is 9.55 Å². The summed E-state index contributed by atoms with van der Waals surface area (Å²) in [6, 6.07) is 44.1.